The fraction of sp³-hybridized carbons (Fsp3) is 0.133. The minimum atomic E-state index is -1.58. The molecule has 8 heteroatoms. The van der Waals surface area contributed by atoms with Crippen LogP contribution in [0.5, 0.6) is 23.0 Å². The third kappa shape index (κ3) is 3.67. The van der Waals surface area contributed by atoms with Gasteiger partial charge in [-0.3, -0.25) is 14.4 Å². The predicted octanol–water partition coefficient (Wildman–Crippen LogP) is 7.49. The largest absolute Gasteiger partial charge is 0.454 e. The zero-order chi connectivity index (χ0) is 35.5. The van der Waals surface area contributed by atoms with Crippen molar-refractivity contribution in [3.05, 3.63) is 162 Å². The molecule has 0 unspecified atom stereocenters. The molecule has 0 aromatic heterocycles. The summed E-state index contributed by atoms with van der Waals surface area (Å²) in [5.74, 6) is -0.908. The van der Waals surface area contributed by atoms with Crippen molar-refractivity contribution in [2.24, 2.45) is 11.8 Å². The second kappa shape index (κ2) is 10.7. The summed E-state index contributed by atoms with van der Waals surface area (Å²) in [6, 6.07) is 43.6. The van der Waals surface area contributed by atoms with E-state index in [9.17, 15) is 0 Å². The van der Waals surface area contributed by atoms with Crippen LogP contribution in [0.15, 0.2) is 140 Å². The molecule has 4 atom stereocenters. The van der Waals surface area contributed by atoms with Crippen molar-refractivity contribution in [1.82, 2.24) is 0 Å². The van der Waals surface area contributed by atoms with E-state index in [0.717, 1.165) is 10.8 Å². The van der Waals surface area contributed by atoms with E-state index in [1.54, 1.807) is 0 Å². The molecule has 53 heavy (non-hydrogen) atoms. The summed E-state index contributed by atoms with van der Waals surface area (Å²) >= 11 is 0. The van der Waals surface area contributed by atoms with Gasteiger partial charge < -0.3 is 18.9 Å². The van der Waals surface area contributed by atoms with E-state index in [2.05, 4.69) is 0 Å². The van der Waals surface area contributed by atoms with Crippen LogP contribution in [0, 0.1) is 11.8 Å². The summed E-state index contributed by atoms with van der Waals surface area (Å²) in [5.41, 5.74) is 1.32. The monoisotopic (exact) mass is 695 g/mol. The Labute approximate surface area is 303 Å². The summed E-state index contributed by atoms with van der Waals surface area (Å²) in [6.07, 6.45) is 0. The minimum absolute atomic E-state index is 0.0707. The fourth-order valence-electron chi connectivity index (χ4n) is 9.87. The van der Waals surface area contributed by atoms with E-state index >= 15 is 14.4 Å². The number of anilines is 1. The highest BCUT2D eigenvalue weighted by atomic mass is 16.7. The Morgan fingerprint density at radius 2 is 0.962 bits per heavy atom. The van der Waals surface area contributed by atoms with E-state index in [0.29, 0.717) is 62.1 Å². The Kier molecular flexibility index (Phi) is 6.05. The van der Waals surface area contributed by atoms with Crippen molar-refractivity contribution in [2.45, 2.75) is 10.8 Å². The Morgan fingerprint density at radius 1 is 0.491 bits per heavy atom. The van der Waals surface area contributed by atoms with Gasteiger partial charge >= 0.3 is 0 Å². The minimum Gasteiger partial charge on any atom is -0.454 e. The topological polar surface area (TPSA) is 91.4 Å². The second-order valence-corrected chi connectivity index (χ2v) is 14.0. The molecule has 6 aromatic rings. The number of hydrogen-bond donors (Lipinski definition) is 0. The van der Waals surface area contributed by atoms with Crippen LogP contribution in [0.3, 0.4) is 0 Å². The van der Waals surface area contributed by atoms with E-state index in [1.807, 2.05) is 140 Å². The van der Waals surface area contributed by atoms with Gasteiger partial charge in [0.2, 0.25) is 25.4 Å². The van der Waals surface area contributed by atoms with E-state index in [-0.39, 0.29) is 19.4 Å². The summed E-state index contributed by atoms with van der Waals surface area (Å²) < 4.78 is 23.2. The molecule has 8 nitrogen and oxygen atoms in total. The first-order valence-corrected chi connectivity index (χ1v) is 17.6. The quantitative estimate of drug-likeness (QED) is 0.173. The Balaban J connectivity index is 1.29. The van der Waals surface area contributed by atoms with Crippen LogP contribution >= 0.6 is 0 Å². The molecule has 2 bridgehead atoms. The summed E-state index contributed by atoms with van der Waals surface area (Å²) in [7, 11) is 0. The summed E-state index contributed by atoms with van der Waals surface area (Å²) in [4.78, 5) is 48.8. The molecule has 3 heterocycles. The number of allylic oxidation sites excluding steroid dienone is 2. The molecule has 2 fully saturated rings. The maximum Gasteiger partial charge on any atom is 0.239 e. The average molecular weight is 696 g/mol. The fourth-order valence-corrected chi connectivity index (χ4v) is 9.87. The van der Waals surface area contributed by atoms with Crippen molar-refractivity contribution in [1.29, 1.82) is 0 Å². The second-order valence-electron chi connectivity index (χ2n) is 14.0. The van der Waals surface area contributed by atoms with Crippen LogP contribution in [0.1, 0.15) is 22.3 Å². The number of Topliss-reactive ketones (excluding diaryl/α,β-unsaturated/α-hetero) is 1. The number of ketones is 1. The van der Waals surface area contributed by atoms with Gasteiger partial charge in [0.05, 0.1) is 28.4 Å². The lowest BCUT2D eigenvalue weighted by molar-refractivity contribution is -0.130. The van der Waals surface area contributed by atoms with Crippen LogP contribution in [0.2, 0.25) is 0 Å². The third-order valence-electron chi connectivity index (χ3n) is 11.8. The highest BCUT2D eigenvalue weighted by Crippen LogP contribution is 2.75. The summed E-state index contributed by atoms with van der Waals surface area (Å²) in [6.45, 7) is 0.141. The van der Waals surface area contributed by atoms with Crippen molar-refractivity contribution >= 4 is 45.2 Å². The van der Waals surface area contributed by atoms with Crippen molar-refractivity contribution in [3.8, 4) is 23.0 Å². The number of benzene rings is 6. The maximum absolute atomic E-state index is 16.3. The molecule has 6 aromatic carbocycles. The molecule has 11 rings (SSSR count). The number of amides is 2. The van der Waals surface area contributed by atoms with Crippen LogP contribution < -0.4 is 23.8 Å². The molecule has 0 spiro atoms. The first-order valence-electron chi connectivity index (χ1n) is 17.6. The highest BCUT2D eigenvalue weighted by molar-refractivity contribution is 6.39. The lowest BCUT2D eigenvalue weighted by atomic mass is 9.59. The van der Waals surface area contributed by atoms with Gasteiger partial charge in [0.15, 0.2) is 28.8 Å². The smallest absolute Gasteiger partial charge is 0.239 e. The van der Waals surface area contributed by atoms with Crippen LogP contribution in [0.4, 0.5) is 5.69 Å². The van der Waals surface area contributed by atoms with Gasteiger partial charge in [0.25, 0.3) is 0 Å². The number of ether oxygens (including phenoxy) is 4. The number of fused-ring (bicyclic) bond motifs is 8. The summed E-state index contributed by atoms with van der Waals surface area (Å²) in [5, 5.41) is 1.68. The van der Waals surface area contributed by atoms with Gasteiger partial charge in [0, 0.05) is 5.39 Å². The first kappa shape index (κ1) is 30.0. The van der Waals surface area contributed by atoms with E-state index < -0.39 is 34.5 Å². The van der Waals surface area contributed by atoms with E-state index in [4.69, 9.17) is 18.9 Å². The van der Waals surface area contributed by atoms with Gasteiger partial charge in [-0.2, -0.15) is 0 Å². The number of hydrogen-bond acceptors (Lipinski definition) is 7. The van der Waals surface area contributed by atoms with Gasteiger partial charge in [-0.05, 0) is 69.1 Å². The van der Waals surface area contributed by atoms with E-state index in [1.165, 1.54) is 4.90 Å². The van der Waals surface area contributed by atoms with Crippen molar-refractivity contribution in [2.75, 3.05) is 18.5 Å². The predicted molar refractivity (Wildman–Crippen MR) is 197 cm³/mol. The van der Waals surface area contributed by atoms with Crippen LogP contribution in [-0.2, 0) is 25.2 Å². The zero-order valence-electron chi connectivity index (χ0n) is 28.2. The van der Waals surface area contributed by atoms with Crippen LogP contribution in [0.25, 0.3) is 21.9 Å². The molecule has 0 radical (unpaired) electrons. The Hall–Kier alpha value is -6.67. The lowest BCUT2D eigenvalue weighted by Crippen LogP contribution is -2.45. The number of nitrogens with zero attached hydrogens (tertiary/aromatic N) is 1. The maximum atomic E-state index is 16.3. The Morgan fingerprint density at radius 3 is 1.51 bits per heavy atom. The van der Waals surface area contributed by atoms with Gasteiger partial charge in [-0.15, -0.1) is 0 Å². The Bertz CT molecular complexity index is 2470. The number of carbonyl (C=O) groups is 3. The average Bonchev–Trinajstić information content (AvgIpc) is 4.01. The standard InChI is InChI=1S/C45H29NO7/c47-41-39-40(42(48)46(41)32-17-9-11-26-10-7-8-16-31(26)32)45(30-14-5-2-6-15-30)38(28-19-21-34-36(23-28)53-25-51-34)37(27-18-20-33-35(22-27)52-24-50-33)44(39,43(45)49)29-12-3-1-4-13-29/h1-23,39-40H,24-25H2/t39-,40+,44-,45-/m0/s1. The molecule has 0 N–H and O–H groups in total. The molecule has 1 saturated heterocycles. The number of imide groups is 1. The first-order chi connectivity index (χ1) is 26.0. The van der Waals surface area contributed by atoms with Crippen LogP contribution in [-0.4, -0.2) is 31.2 Å². The molecule has 2 amide bonds. The number of rotatable bonds is 5. The van der Waals surface area contributed by atoms with Gasteiger partial charge in [-0.25, -0.2) is 4.90 Å². The highest BCUT2D eigenvalue weighted by Gasteiger charge is 2.83. The third-order valence-corrected chi connectivity index (χ3v) is 11.8. The molecule has 1 saturated carbocycles. The molecule has 2 aliphatic carbocycles. The van der Waals surface area contributed by atoms with Crippen molar-refractivity contribution in [3.63, 3.8) is 0 Å². The van der Waals surface area contributed by atoms with Gasteiger partial charge in [0.1, 0.15) is 0 Å². The molecule has 5 aliphatic rings. The number of carbonyl (C=O) groups excluding carboxylic acids is 3. The SMILES string of the molecule is O=C1[C@@H]2[C@H](C(=O)N1c1cccc3ccccc13)[C@@]1(c3ccccc3)C(=O)[C@@]2(c2ccccc2)C(c2ccc3c(c2)OCO3)=C1c1ccc2c(c1)OCO2. The molecule has 3 aliphatic heterocycles. The molecule has 256 valence electrons. The molecular formula is C45H29NO7. The van der Waals surface area contributed by atoms with Crippen molar-refractivity contribution < 1.29 is 33.3 Å². The normalized spacial score (nSPS) is 24.8. The molecular weight excluding hydrogens is 666 g/mol. The van der Waals surface area contributed by atoms with Gasteiger partial charge in [-0.1, -0.05) is 109 Å². The zero-order valence-corrected chi connectivity index (χ0v) is 28.2. The lowest BCUT2D eigenvalue weighted by Gasteiger charge is -2.39.